The van der Waals surface area contributed by atoms with Gasteiger partial charge in [0.2, 0.25) is 0 Å². The van der Waals surface area contributed by atoms with Crippen molar-refractivity contribution in [2.24, 2.45) is 4.99 Å². The molecule has 0 aliphatic rings. The lowest BCUT2D eigenvalue weighted by Crippen LogP contribution is -2.24. The number of nitro groups is 1. The molecule has 0 aromatic heterocycles. The molecule has 0 aliphatic heterocycles. The van der Waals surface area contributed by atoms with Crippen molar-refractivity contribution in [1.82, 2.24) is 0 Å². The second kappa shape index (κ2) is 3.94. The van der Waals surface area contributed by atoms with Crippen molar-refractivity contribution in [3.63, 3.8) is 0 Å². The zero-order valence-corrected chi connectivity index (χ0v) is 7.35. The number of carbonyl (C=O) groups excluding carboxylic acids is 1. The lowest BCUT2D eigenvalue weighted by molar-refractivity contribution is -0.485. The van der Waals surface area contributed by atoms with E-state index in [1.54, 1.807) is 20.8 Å². The van der Waals surface area contributed by atoms with E-state index in [0.717, 1.165) is 6.21 Å². The van der Waals surface area contributed by atoms with E-state index in [9.17, 15) is 14.9 Å². The molecule has 0 bridgehead atoms. The summed E-state index contributed by atoms with van der Waals surface area (Å²) in [5.74, 6) is 0. The Balaban J connectivity index is 4.30. The summed E-state index contributed by atoms with van der Waals surface area (Å²) in [7, 11) is 0. The summed E-state index contributed by atoms with van der Waals surface area (Å²) < 4.78 is 0. The minimum Gasteiger partial charge on any atom is -0.295 e. The first-order chi connectivity index (χ1) is 5.37. The van der Waals surface area contributed by atoms with Crippen LogP contribution in [0.3, 0.4) is 0 Å². The SMILES string of the molecule is CC(C)(C)N=C[C@@H](C=O)[N+](=O)[O-]. The lowest BCUT2D eigenvalue weighted by Gasteiger charge is -2.10. The van der Waals surface area contributed by atoms with Crippen LogP contribution in [0.4, 0.5) is 0 Å². The van der Waals surface area contributed by atoms with Crippen molar-refractivity contribution in [2.75, 3.05) is 0 Å². The Labute approximate surface area is 70.6 Å². The summed E-state index contributed by atoms with van der Waals surface area (Å²) in [6, 6.07) is -1.32. The van der Waals surface area contributed by atoms with E-state index >= 15 is 0 Å². The van der Waals surface area contributed by atoms with E-state index in [2.05, 4.69) is 4.99 Å². The van der Waals surface area contributed by atoms with Crippen LogP contribution in [0.2, 0.25) is 0 Å². The molecule has 5 heteroatoms. The average molecular weight is 172 g/mol. The van der Waals surface area contributed by atoms with Crippen molar-refractivity contribution in [1.29, 1.82) is 0 Å². The smallest absolute Gasteiger partial charge is 0.295 e. The van der Waals surface area contributed by atoms with Crippen LogP contribution < -0.4 is 0 Å². The van der Waals surface area contributed by atoms with Crippen LogP contribution in [0.15, 0.2) is 4.99 Å². The van der Waals surface area contributed by atoms with Gasteiger partial charge in [-0.05, 0) is 20.8 Å². The van der Waals surface area contributed by atoms with Gasteiger partial charge in [0, 0.05) is 4.92 Å². The highest BCUT2D eigenvalue weighted by Gasteiger charge is 2.16. The maximum absolute atomic E-state index is 10.1. The van der Waals surface area contributed by atoms with Crippen LogP contribution >= 0.6 is 0 Å². The molecule has 0 aromatic carbocycles. The fourth-order valence-electron chi connectivity index (χ4n) is 0.439. The maximum Gasteiger partial charge on any atom is 0.301 e. The van der Waals surface area contributed by atoms with Gasteiger partial charge >= 0.3 is 6.04 Å². The molecule has 5 nitrogen and oxygen atoms in total. The Morgan fingerprint density at radius 1 is 1.50 bits per heavy atom. The molecule has 0 saturated carbocycles. The van der Waals surface area contributed by atoms with Gasteiger partial charge in [-0.15, -0.1) is 0 Å². The molecule has 0 fully saturated rings. The Morgan fingerprint density at radius 2 is 2.00 bits per heavy atom. The predicted molar refractivity (Wildman–Crippen MR) is 45.1 cm³/mol. The third-order valence-electron chi connectivity index (χ3n) is 0.997. The highest BCUT2D eigenvalue weighted by atomic mass is 16.6. The number of aldehydes is 1. The first-order valence-corrected chi connectivity index (χ1v) is 3.51. The van der Waals surface area contributed by atoms with Crippen LogP contribution in [0.1, 0.15) is 20.8 Å². The standard InChI is InChI=1S/C7H12N2O3/c1-7(2,3)8-4-6(5-10)9(11)12/h4-6H,1-3H3/t6-/m0/s1. The predicted octanol–water partition coefficient (Wildman–Crippen LogP) is 0.700. The van der Waals surface area contributed by atoms with Crippen LogP contribution in [-0.4, -0.2) is 29.0 Å². The average Bonchev–Trinajstić information content (AvgIpc) is 1.85. The summed E-state index contributed by atoms with van der Waals surface area (Å²) in [4.78, 5) is 23.4. The first-order valence-electron chi connectivity index (χ1n) is 3.51. The number of rotatable bonds is 3. The summed E-state index contributed by atoms with van der Waals surface area (Å²) in [6.45, 7) is 5.39. The van der Waals surface area contributed by atoms with Crippen LogP contribution in [-0.2, 0) is 4.79 Å². The Hall–Kier alpha value is -1.26. The highest BCUT2D eigenvalue weighted by Crippen LogP contribution is 2.04. The number of hydrogen-bond donors (Lipinski definition) is 0. The van der Waals surface area contributed by atoms with Crippen molar-refractivity contribution in [3.8, 4) is 0 Å². The summed E-state index contributed by atoms with van der Waals surface area (Å²) in [5.41, 5.74) is -0.378. The summed E-state index contributed by atoms with van der Waals surface area (Å²) >= 11 is 0. The quantitative estimate of drug-likeness (QED) is 0.272. The fourth-order valence-corrected chi connectivity index (χ4v) is 0.439. The Kier molecular flexibility index (Phi) is 3.53. The topological polar surface area (TPSA) is 72.6 Å². The second-order valence-electron chi connectivity index (χ2n) is 3.36. The van der Waals surface area contributed by atoms with Gasteiger partial charge in [0.1, 0.15) is 0 Å². The molecule has 0 aliphatic carbocycles. The number of aliphatic imine (C=N–C) groups is 1. The van der Waals surface area contributed by atoms with Gasteiger partial charge in [0.05, 0.1) is 11.8 Å². The highest BCUT2D eigenvalue weighted by molar-refractivity contribution is 5.83. The molecular formula is C7H12N2O3. The van der Waals surface area contributed by atoms with Gasteiger partial charge in [0.25, 0.3) is 0 Å². The third-order valence-corrected chi connectivity index (χ3v) is 0.997. The van der Waals surface area contributed by atoms with Crippen molar-refractivity contribution in [2.45, 2.75) is 32.4 Å². The van der Waals surface area contributed by atoms with E-state index < -0.39 is 11.0 Å². The normalized spacial score (nSPS) is 14.6. The maximum atomic E-state index is 10.1. The number of carbonyl (C=O) groups is 1. The fraction of sp³-hybridized carbons (Fsp3) is 0.714. The van der Waals surface area contributed by atoms with Gasteiger partial charge < -0.3 is 0 Å². The molecule has 1 atom stereocenters. The number of hydrogen-bond acceptors (Lipinski definition) is 4. The van der Waals surface area contributed by atoms with Crippen LogP contribution in [0.5, 0.6) is 0 Å². The third kappa shape index (κ3) is 4.54. The van der Waals surface area contributed by atoms with E-state index in [1.165, 1.54) is 0 Å². The van der Waals surface area contributed by atoms with Gasteiger partial charge in [-0.25, -0.2) is 0 Å². The number of nitrogens with zero attached hydrogens (tertiary/aromatic N) is 2. The summed E-state index contributed by atoms with van der Waals surface area (Å²) in [6.07, 6.45) is 1.32. The van der Waals surface area contributed by atoms with Gasteiger partial charge in [-0.2, -0.15) is 0 Å². The Morgan fingerprint density at radius 3 is 2.25 bits per heavy atom. The Bertz CT molecular complexity index is 205. The molecule has 0 spiro atoms. The van der Waals surface area contributed by atoms with Crippen molar-refractivity contribution in [3.05, 3.63) is 10.1 Å². The monoisotopic (exact) mass is 172 g/mol. The van der Waals surface area contributed by atoms with Crippen LogP contribution in [0.25, 0.3) is 0 Å². The van der Waals surface area contributed by atoms with E-state index in [1.807, 2.05) is 0 Å². The molecule has 0 saturated heterocycles. The van der Waals surface area contributed by atoms with Gasteiger partial charge in [0.15, 0.2) is 6.29 Å². The van der Waals surface area contributed by atoms with Gasteiger partial charge in [-0.1, -0.05) is 0 Å². The first kappa shape index (κ1) is 10.7. The molecule has 0 aromatic rings. The zero-order chi connectivity index (χ0) is 9.78. The van der Waals surface area contributed by atoms with E-state index in [4.69, 9.17) is 0 Å². The van der Waals surface area contributed by atoms with Crippen LogP contribution in [0, 0.1) is 10.1 Å². The molecule has 0 amide bonds. The minimum absolute atomic E-state index is 0.259. The largest absolute Gasteiger partial charge is 0.301 e. The molecule has 0 unspecified atom stereocenters. The molecular weight excluding hydrogens is 160 g/mol. The zero-order valence-electron chi connectivity index (χ0n) is 7.35. The minimum atomic E-state index is -1.32. The molecule has 0 rings (SSSR count). The lowest BCUT2D eigenvalue weighted by atomic mass is 10.1. The molecule has 0 N–H and O–H groups in total. The molecule has 68 valence electrons. The van der Waals surface area contributed by atoms with Crippen molar-refractivity contribution < 1.29 is 9.72 Å². The van der Waals surface area contributed by atoms with E-state index in [0.29, 0.717) is 0 Å². The van der Waals surface area contributed by atoms with Crippen molar-refractivity contribution >= 4 is 12.5 Å². The van der Waals surface area contributed by atoms with E-state index in [-0.39, 0.29) is 11.8 Å². The molecule has 12 heavy (non-hydrogen) atoms. The second-order valence-corrected chi connectivity index (χ2v) is 3.36. The molecule has 0 radical (unpaired) electrons. The molecule has 0 heterocycles. The summed E-state index contributed by atoms with van der Waals surface area (Å²) in [5, 5.41) is 10.1. The van der Waals surface area contributed by atoms with Gasteiger partial charge in [-0.3, -0.25) is 19.9 Å².